The number of aryl methyl sites for hydroxylation is 1. The third-order valence-electron chi connectivity index (χ3n) is 4.02. The summed E-state index contributed by atoms with van der Waals surface area (Å²) in [5.74, 6) is 0. The maximum Gasteiger partial charge on any atom is -0.00549 e. The van der Waals surface area contributed by atoms with Crippen molar-refractivity contribution < 1.29 is 0 Å². The molecule has 2 aliphatic carbocycles. The van der Waals surface area contributed by atoms with Crippen molar-refractivity contribution in [3.8, 4) is 0 Å². The fraction of sp³-hybridized carbons (Fsp3) is 0.500. The summed E-state index contributed by atoms with van der Waals surface area (Å²) >= 11 is 0. The van der Waals surface area contributed by atoms with Gasteiger partial charge in [0.2, 0.25) is 0 Å². The maximum atomic E-state index is 2.46. The Morgan fingerprint density at radius 3 is 2.88 bits per heavy atom. The fourth-order valence-corrected chi connectivity index (χ4v) is 3.25. The van der Waals surface area contributed by atoms with Crippen LogP contribution in [0.1, 0.15) is 55.7 Å². The van der Waals surface area contributed by atoms with Crippen molar-refractivity contribution in [2.45, 2.75) is 51.9 Å². The van der Waals surface area contributed by atoms with E-state index in [2.05, 4.69) is 25.1 Å². The quantitative estimate of drug-likeness (QED) is 0.676. The Labute approximate surface area is 98.4 Å². The molecule has 0 amide bonds. The highest BCUT2D eigenvalue weighted by atomic mass is 14.3. The van der Waals surface area contributed by atoms with Crippen LogP contribution in [0, 0.1) is 0 Å². The Balaban J connectivity index is 1.95. The number of allylic oxidation sites excluding steroid dienone is 2. The summed E-state index contributed by atoms with van der Waals surface area (Å²) in [6.45, 7) is 2.26. The molecule has 0 radical (unpaired) electrons. The third-order valence-corrected chi connectivity index (χ3v) is 4.02. The lowest BCUT2D eigenvalue weighted by molar-refractivity contribution is 0.711. The highest BCUT2D eigenvalue weighted by Gasteiger charge is 2.23. The molecule has 1 aromatic rings. The molecule has 3 rings (SSSR count). The Bertz CT molecular complexity index is 437. The van der Waals surface area contributed by atoms with Crippen LogP contribution in [0.3, 0.4) is 0 Å². The molecule has 0 saturated carbocycles. The molecule has 0 unspecified atom stereocenters. The standard InChI is InChI=1S/C16H20/c1-2-5-12-8-9-16-14(10-12)11-13-6-3-4-7-15(13)16/h8-10H,2-7,11H2,1H3. The minimum Gasteiger partial charge on any atom is -0.0651 e. The molecular weight excluding hydrogens is 192 g/mol. The first-order chi connectivity index (χ1) is 7.88. The summed E-state index contributed by atoms with van der Waals surface area (Å²) in [7, 11) is 0. The van der Waals surface area contributed by atoms with Crippen molar-refractivity contribution >= 4 is 5.57 Å². The van der Waals surface area contributed by atoms with Crippen LogP contribution in [-0.2, 0) is 12.8 Å². The minimum absolute atomic E-state index is 1.23. The van der Waals surface area contributed by atoms with Gasteiger partial charge < -0.3 is 0 Å². The highest BCUT2D eigenvalue weighted by molar-refractivity contribution is 5.77. The van der Waals surface area contributed by atoms with Crippen LogP contribution in [0.4, 0.5) is 0 Å². The SMILES string of the molecule is CCCc1ccc2c(c1)CC1=C2CCCC1. The van der Waals surface area contributed by atoms with E-state index in [4.69, 9.17) is 0 Å². The molecular formula is C16H20. The van der Waals surface area contributed by atoms with Crippen LogP contribution in [0.25, 0.3) is 5.57 Å². The van der Waals surface area contributed by atoms with Gasteiger partial charge in [-0.1, -0.05) is 37.1 Å². The molecule has 0 heterocycles. The van der Waals surface area contributed by atoms with Crippen LogP contribution in [0.15, 0.2) is 23.8 Å². The minimum atomic E-state index is 1.23. The smallest absolute Gasteiger partial charge is 0.00549 e. The molecule has 0 bridgehead atoms. The Morgan fingerprint density at radius 2 is 2.00 bits per heavy atom. The molecule has 0 spiro atoms. The van der Waals surface area contributed by atoms with Gasteiger partial charge in [0.05, 0.1) is 0 Å². The van der Waals surface area contributed by atoms with Crippen LogP contribution < -0.4 is 0 Å². The average molecular weight is 212 g/mol. The lowest BCUT2D eigenvalue weighted by Crippen LogP contribution is -1.93. The van der Waals surface area contributed by atoms with Crippen molar-refractivity contribution in [3.63, 3.8) is 0 Å². The number of hydrogen-bond acceptors (Lipinski definition) is 0. The van der Waals surface area contributed by atoms with Crippen LogP contribution in [-0.4, -0.2) is 0 Å². The van der Waals surface area contributed by atoms with Gasteiger partial charge in [0.1, 0.15) is 0 Å². The zero-order chi connectivity index (χ0) is 11.0. The van der Waals surface area contributed by atoms with Gasteiger partial charge in [-0.3, -0.25) is 0 Å². The van der Waals surface area contributed by atoms with Crippen LogP contribution in [0.2, 0.25) is 0 Å². The molecule has 0 N–H and O–H groups in total. The largest absolute Gasteiger partial charge is 0.0651 e. The van der Waals surface area contributed by atoms with Crippen molar-refractivity contribution in [1.82, 2.24) is 0 Å². The number of fused-ring (bicyclic) bond motifs is 2. The average Bonchev–Trinajstić information content (AvgIpc) is 2.67. The molecule has 0 aliphatic heterocycles. The zero-order valence-electron chi connectivity index (χ0n) is 10.2. The lowest BCUT2D eigenvalue weighted by Gasteiger charge is -2.13. The Morgan fingerprint density at radius 1 is 1.12 bits per heavy atom. The molecule has 0 heteroatoms. The van der Waals surface area contributed by atoms with Crippen molar-refractivity contribution in [3.05, 3.63) is 40.5 Å². The molecule has 16 heavy (non-hydrogen) atoms. The van der Waals surface area contributed by atoms with Gasteiger partial charge in [0.25, 0.3) is 0 Å². The Hall–Kier alpha value is -1.04. The summed E-state index contributed by atoms with van der Waals surface area (Å²) in [6, 6.07) is 7.18. The maximum absolute atomic E-state index is 2.46. The van der Waals surface area contributed by atoms with E-state index in [0.29, 0.717) is 0 Å². The second-order valence-corrected chi connectivity index (χ2v) is 5.21. The van der Waals surface area contributed by atoms with E-state index < -0.39 is 0 Å². The van der Waals surface area contributed by atoms with E-state index in [1.807, 2.05) is 0 Å². The molecule has 84 valence electrons. The summed E-state index contributed by atoms with van der Waals surface area (Å²) in [6.07, 6.45) is 9.23. The lowest BCUT2D eigenvalue weighted by atomic mass is 9.92. The molecule has 1 aromatic carbocycles. The number of hydrogen-bond donors (Lipinski definition) is 0. The predicted octanol–water partition coefficient (Wildman–Crippen LogP) is 4.52. The summed E-state index contributed by atoms with van der Waals surface area (Å²) < 4.78 is 0. The van der Waals surface area contributed by atoms with Crippen molar-refractivity contribution in [2.24, 2.45) is 0 Å². The normalized spacial score (nSPS) is 18.6. The second kappa shape index (κ2) is 4.08. The van der Waals surface area contributed by atoms with E-state index >= 15 is 0 Å². The van der Waals surface area contributed by atoms with Crippen LogP contribution in [0.5, 0.6) is 0 Å². The summed E-state index contributed by atoms with van der Waals surface area (Å²) in [5.41, 5.74) is 8.16. The zero-order valence-corrected chi connectivity index (χ0v) is 10.2. The van der Waals surface area contributed by atoms with Crippen molar-refractivity contribution in [1.29, 1.82) is 0 Å². The van der Waals surface area contributed by atoms with E-state index in [-0.39, 0.29) is 0 Å². The number of benzene rings is 1. The van der Waals surface area contributed by atoms with E-state index in [9.17, 15) is 0 Å². The molecule has 0 saturated heterocycles. The Kier molecular flexibility index (Phi) is 2.59. The first-order valence-corrected chi connectivity index (χ1v) is 6.71. The topological polar surface area (TPSA) is 0 Å². The van der Waals surface area contributed by atoms with E-state index in [1.54, 1.807) is 22.3 Å². The first kappa shape index (κ1) is 10.1. The molecule has 0 fully saturated rings. The van der Waals surface area contributed by atoms with Gasteiger partial charge in [-0.2, -0.15) is 0 Å². The molecule has 2 aliphatic rings. The van der Waals surface area contributed by atoms with E-state index in [0.717, 1.165) is 0 Å². The van der Waals surface area contributed by atoms with Gasteiger partial charge in [0.15, 0.2) is 0 Å². The highest BCUT2D eigenvalue weighted by Crippen LogP contribution is 2.41. The first-order valence-electron chi connectivity index (χ1n) is 6.71. The monoisotopic (exact) mass is 212 g/mol. The van der Waals surface area contributed by atoms with E-state index in [1.165, 1.54) is 50.5 Å². The fourth-order valence-electron chi connectivity index (χ4n) is 3.25. The van der Waals surface area contributed by atoms with Gasteiger partial charge >= 0.3 is 0 Å². The summed E-state index contributed by atoms with van der Waals surface area (Å²) in [4.78, 5) is 0. The molecule has 0 aromatic heterocycles. The van der Waals surface area contributed by atoms with Crippen LogP contribution >= 0.6 is 0 Å². The molecule has 0 nitrogen and oxygen atoms in total. The second-order valence-electron chi connectivity index (χ2n) is 5.21. The molecule has 0 atom stereocenters. The van der Waals surface area contributed by atoms with Gasteiger partial charge in [-0.15, -0.1) is 0 Å². The predicted molar refractivity (Wildman–Crippen MR) is 69.5 cm³/mol. The van der Waals surface area contributed by atoms with Gasteiger partial charge in [-0.25, -0.2) is 0 Å². The third kappa shape index (κ3) is 1.61. The number of rotatable bonds is 2. The van der Waals surface area contributed by atoms with Crippen molar-refractivity contribution in [2.75, 3.05) is 0 Å². The van der Waals surface area contributed by atoms with Gasteiger partial charge in [0, 0.05) is 0 Å². The summed E-state index contributed by atoms with van der Waals surface area (Å²) in [5, 5.41) is 0. The van der Waals surface area contributed by atoms with Gasteiger partial charge in [-0.05, 0) is 60.8 Å².